The van der Waals surface area contributed by atoms with Crippen molar-refractivity contribution in [2.75, 3.05) is 5.32 Å². The average Bonchev–Trinajstić information content (AvgIpc) is 1.97. The van der Waals surface area contributed by atoms with Gasteiger partial charge in [-0.15, -0.1) is 0 Å². The predicted octanol–water partition coefficient (Wildman–Crippen LogP) is 1.27. The molecule has 0 radical (unpaired) electrons. The number of hydrogen-bond acceptors (Lipinski definition) is 2. The molecule has 0 aromatic carbocycles. The minimum absolute atomic E-state index is 0.664. The number of carbonyl (C=O) groups excluding carboxylic acids is 1. The van der Waals surface area contributed by atoms with Crippen LogP contribution in [0.2, 0.25) is 0 Å². The lowest BCUT2D eigenvalue weighted by Gasteiger charge is -2.05. The van der Waals surface area contributed by atoms with E-state index in [4.69, 9.17) is 0 Å². The maximum absolute atomic E-state index is 10.1. The van der Waals surface area contributed by atoms with Gasteiger partial charge in [-0.05, 0) is 25.5 Å². The summed E-state index contributed by atoms with van der Waals surface area (Å²) >= 11 is 0. The maximum atomic E-state index is 10.1. The van der Waals surface area contributed by atoms with Gasteiger partial charge >= 0.3 is 0 Å². The molecule has 1 aromatic rings. The molecule has 1 amide bonds. The standard InChI is InChI=1S/C8H10N2O/c1-6-3-4-9-7(2)8(6)10-5-11/h3-5H,1-2H3,(H,10,11). The number of nitrogens with one attached hydrogen (secondary N) is 1. The zero-order valence-electron chi connectivity index (χ0n) is 6.59. The lowest BCUT2D eigenvalue weighted by Crippen LogP contribution is -2.00. The largest absolute Gasteiger partial charge is 0.327 e. The molecular formula is C8H10N2O. The summed E-state index contributed by atoms with van der Waals surface area (Å²) in [6.07, 6.45) is 2.39. The lowest BCUT2D eigenvalue weighted by molar-refractivity contribution is -0.105. The molecule has 0 unspecified atom stereocenters. The number of nitrogens with zero attached hydrogens (tertiary/aromatic N) is 1. The van der Waals surface area contributed by atoms with Crippen LogP contribution in [0.3, 0.4) is 0 Å². The normalized spacial score (nSPS) is 9.27. The Hall–Kier alpha value is -1.38. The van der Waals surface area contributed by atoms with Crippen LogP contribution in [0, 0.1) is 13.8 Å². The van der Waals surface area contributed by atoms with Crippen LogP contribution in [-0.4, -0.2) is 11.4 Å². The second-order valence-electron chi connectivity index (χ2n) is 2.35. The monoisotopic (exact) mass is 150 g/mol. The first kappa shape index (κ1) is 7.72. The van der Waals surface area contributed by atoms with Gasteiger partial charge in [-0.3, -0.25) is 9.78 Å². The van der Waals surface area contributed by atoms with E-state index in [9.17, 15) is 4.79 Å². The van der Waals surface area contributed by atoms with Crippen molar-refractivity contribution in [2.45, 2.75) is 13.8 Å². The molecule has 1 N–H and O–H groups in total. The summed E-state index contributed by atoms with van der Waals surface area (Å²) < 4.78 is 0. The number of aryl methyl sites for hydroxylation is 2. The highest BCUT2D eigenvalue weighted by molar-refractivity contribution is 5.74. The first-order chi connectivity index (χ1) is 5.25. The van der Waals surface area contributed by atoms with E-state index >= 15 is 0 Å². The summed E-state index contributed by atoms with van der Waals surface area (Å²) in [5.74, 6) is 0. The molecule has 0 bridgehead atoms. The van der Waals surface area contributed by atoms with E-state index in [-0.39, 0.29) is 0 Å². The van der Waals surface area contributed by atoms with Crippen molar-refractivity contribution in [3.63, 3.8) is 0 Å². The highest BCUT2D eigenvalue weighted by Gasteiger charge is 1.99. The highest BCUT2D eigenvalue weighted by atomic mass is 16.1. The number of pyridine rings is 1. The van der Waals surface area contributed by atoms with Crippen molar-refractivity contribution in [1.82, 2.24) is 4.98 Å². The summed E-state index contributed by atoms with van der Waals surface area (Å²) in [5, 5.41) is 2.60. The molecule has 1 rings (SSSR count). The summed E-state index contributed by atoms with van der Waals surface area (Å²) in [6.45, 7) is 3.79. The third-order valence-corrected chi connectivity index (χ3v) is 1.55. The number of rotatable bonds is 2. The third kappa shape index (κ3) is 1.55. The number of anilines is 1. The summed E-state index contributed by atoms with van der Waals surface area (Å²) in [5.41, 5.74) is 2.68. The third-order valence-electron chi connectivity index (χ3n) is 1.55. The smallest absolute Gasteiger partial charge is 0.211 e. The van der Waals surface area contributed by atoms with E-state index < -0.39 is 0 Å². The van der Waals surface area contributed by atoms with Crippen LogP contribution in [0.5, 0.6) is 0 Å². The van der Waals surface area contributed by atoms with Crippen LogP contribution >= 0.6 is 0 Å². The second-order valence-corrected chi connectivity index (χ2v) is 2.35. The zero-order valence-corrected chi connectivity index (χ0v) is 6.59. The van der Waals surface area contributed by atoms with Crippen molar-refractivity contribution < 1.29 is 4.79 Å². The Morgan fingerprint density at radius 2 is 2.27 bits per heavy atom. The van der Waals surface area contributed by atoms with Crippen LogP contribution in [0.4, 0.5) is 5.69 Å². The number of amides is 1. The number of carbonyl (C=O) groups is 1. The van der Waals surface area contributed by atoms with E-state index in [1.54, 1.807) is 6.20 Å². The van der Waals surface area contributed by atoms with Crippen molar-refractivity contribution in [2.24, 2.45) is 0 Å². The molecular weight excluding hydrogens is 140 g/mol. The Morgan fingerprint density at radius 1 is 1.55 bits per heavy atom. The van der Waals surface area contributed by atoms with Crippen LogP contribution in [0.25, 0.3) is 0 Å². The van der Waals surface area contributed by atoms with Gasteiger partial charge in [0.2, 0.25) is 6.41 Å². The average molecular weight is 150 g/mol. The van der Waals surface area contributed by atoms with Gasteiger partial charge in [0.1, 0.15) is 0 Å². The van der Waals surface area contributed by atoms with Crippen molar-refractivity contribution in [1.29, 1.82) is 0 Å². The Morgan fingerprint density at radius 3 is 2.82 bits per heavy atom. The predicted molar refractivity (Wildman–Crippen MR) is 43.4 cm³/mol. The summed E-state index contributed by atoms with van der Waals surface area (Å²) in [7, 11) is 0. The molecule has 1 aromatic heterocycles. The van der Waals surface area contributed by atoms with Crippen LogP contribution in [0.15, 0.2) is 12.3 Å². The zero-order chi connectivity index (χ0) is 8.27. The lowest BCUT2D eigenvalue weighted by atomic mass is 10.2. The van der Waals surface area contributed by atoms with Gasteiger partial charge in [-0.2, -0.15) is 0 Å². The summed E-state index contributed by atoms with van der Waals surface area (Å²) in [4.78, 5) is 14.2. The van der Waals surface area contributed by atoms with E-state index in [2.05, 4.69) is 10.3 Å². The molecule has 3 heteroatoms. The molecule has 0 aliphatic carbocycles. The molecule has 0 spiro atoms. The molecule has 3 nitrogen and oxygen atoms in total. The summed E-state index contributed by atoms with van der Waals surface area (Å²) in [6, 6.07) is 1.86. The first-order valence-electron chi connectivity index (χ1n) is 3.38. The van der Waals surface area contributed by atoms with Gasteiger partial charge in [0, 0.05) is 6.20 Å². The Bertz CT molecular complexity index is 251. The highest BCUT2D eigenvalue weighted by Crippen LogP contribution is 2.15. The minimum atomic E-state index is 0.664. The topological polar surface area (TPSA) is 42.0 Å². The molecule has 0 saturated heterocycles. The van der Waals surface area contributed by atoms with Gasteiger partial charge in [-0.1, -0.05) is 0 Å². The van der Waals surface area contributed by atoms with Crippen molar-refractivity contribution in [3.05, 3.63) is 23.5 Å². The van der Waals surface area contributed by atoms with Crippen molar-refractivity contribution in [3.8, 4) is 0 Å². The Balaban J connectivity index is 3.09. The van der Waals surface area contributed by atoms with E-state index in [1.807, 2.05) is 19.9 Å². The van der Waals surface area contributed by atoms with E-state index in [1.165, 1.54) is 0 Å². The van der Waals surface area contributed by atoms with Gasteiger partial charge in [0.15, 0.2) is 0 Å². The number of aromatic nitrogens is 1. The van der Waals surface area contributed by atoms with E-state index in [0.717, 1.165) is 16.9 Å². The molecule has 0 fully saturated rings. The fourth-order valence-corrected chi connectivity index (χ4v) is 0.971. The van der Waals surface area contributed by atoms with Gasteiger partial charge in [0.05, 0.1) is 11.4 Å². The van der Waals surface area contributed by atoms with Gasteiger partial charge < -0.3 is 5.32 Å². The molecule has 11 heavy (non-hydrogen) atoms. The van der Waals surface area contributed by atoms with Crippen LogP contribution in [0.1, 0.15) is 11.3 Å². The minimum Gasteiger partial charge on any atom is -0.327 e. The van der Waals surface area contributed by atoms with E-state index in [0.29, 0.717) is 6.41 Å². The van der Waals surface area contributed by atoms with Gasteiger partial charge in [-0.25, -0.2) is 0 Å². The van der Waals surface area contributed by atoms with Gasteiger partial charge in [0.25, 0.3) is 0 Å². The SMILES string of the molecule is Cc1ccnc(C)c1NC=O. The quantitative estimate of drug-likeness (QED) is 0.645. The van der Waals surface area contributed by atoms with Crippen LogP contribution in [-0.2, 0) is 4.79 Å². The first-order valence-corrected chi connectivity index (χ1v) is 3.38. The van der Waals surface area contributed by atoms with Crippen molar-refractivity contribution >= 4 is 12.1 Å². The molecule has 0 aliphatic rings. The number of hydrogen-bond donors (Lipinski definition) is 1. The second kappa shape index (κ2) is 3.14. The molecule has 58 valence electrons. The molecule has 0 saturated carbocycles. The fraction of sp³-hybridized carbons (Fsp3) is 0.250. The molecule has 0 atom stereocenters. The molecule has 0 aliphatic heterocycles. The van der Waals surface area contributed by atoms with Crippen LogP contribution < -0.4 is 5.32 Å². The fourth-order valence-electron chi connectivity index (χ4n) is 0.971. The Kier molecular flexibility index (Phi) is 2.21. The Labute approximate surface area is 65.5 Å². The molecule has 1 heterocycles. The maximum Gasteiger partial charge on any atom is 0.211 e.